The van der Waals surface area contributed by atoms with Crippen molar-refractivity contribution in [1.29, 1.82) is 0 Å². The molecule has 1 aromatic heterocycles. The molecular formula is C21H28N4OS. The lowest BCUT2D eigenvalue weighted by molar-refractivity contribution is -0.133. The molecule has 2 heterocycles. The number of carbonyl (C=O) groups is 1. The van der Waals surface area contributed by atoms with Gasteiger partial charge in [0.15, 0.2) is 0 Å². The molecule has 2 aromatic rings. The highest BCUT2D eigenvalue weighted by molar-refractivity contribution is 7.97. The highest BCUT2D eigenvalue weighted by Gasteiger charge is 2.25. The molecule has 1 aliphatic rings. The van der Waals surface area contributed by atoms with Gasteiger partial charge in [0.05, 0.1) is 6.04 Å². The summed E-state index contributed by atoms with van der Waals surface area (Å²) in [6, 6.07) is 12.1. The number of benzene rings is 1. The van der Waals surface area contributed by atoms with Crippen molar-refractivity contribution in [2.75, 3.05) is 19.6 Å². The number of nitrogens with zero attached hydrogens (tertiary/aromatic N) is 2. The first kappa shape index (κ1) is 19.9. The Hall–Kier alpha value is -1.89. The number of piperidine rings is 1. The molecule has 144 valence electrons. The van der Waals surface area contributed by atoms with Crippen LogP contribution in [-0.2, 0) is 4.79 Å². The van der Waals surface area contributed by atoms with E-state index in [9.17, 15) is 4.79 Å². The van der Waals surface area contributed by atoms with Crippen LogP contribution in [0.4, 0.5) is 0 Å². The summed E-state index contributed by atoms with van der Waals surface area (Å²) >= 11 is 1.51. The minimum Gasteiger partial charge on any atom is -0.341 e. The van der Waals surface area contributed by atoms with Gasteiger partial charge in [0, 0.05) is 30.4 Å². The Morgan fingerprint density at radius 1 is 1.26 bits per heavy atom. The predicted octanol–water partition coefficient (Wildman–Crippen LogP) is 3.32. The zero-order chi connectivity index (χ0) is 19.1. The molecule has 1 aromatic carbocycles. The standard InChI is InChI=1S/C21H28N4OS/c1-16(21(26)25-13-8-17(5-10-22)9-14-25)24-27-20-4-2-3-19(15-20)18-6-11-23-12-7-18/h2-4,6-7,11-12,15-17,24H,5,8-10,13-14,22H2,1H3. The molecule has 1 unspecified atom stereocenters. The molecule has 3 N–H and O–H groups in total. The Labute approximate surface area is 165 Å². The van der Waals surface area contributed by atoms with Gasteiger partial charge in [-0.15, -0.1) is 0 Å². The number of rotatable bonds is 7. The first-order valence-electron chi connectivity index (χ1n) is 9.59. The Morgan fingerprint density at radius 3 is 2.70 bits per heavy atom. The third-order valence-electron chi connectivity index (χ3n) is 5.07. The first-order chi connectivity index (χ1) is 13.2. The predicted molar refractivity (Wildman–Crippen MR) is 111 cm³/mol. The van der Waals surface area contributed by atoms with Crippen molar-refractivity contribution in [2.45, 2.75) is 37.1 Å². The molecule has 1 saturated heterocycles. The van der Waals surface area contributed by atoms with Crippen LogP contribution in [-0.4, -0.2) is 41.5 Å². The fourth-order valence-corrected chi connectivity index (χ4v) is 4.19. The van der Waals surface area contributed by atoms with E-state index in [0.29, 0.717) is 5.92 Å². The third kappa shape index (κ3) is 5.54. The number of amides is 1. The van der Waals surface area contributed by atoms with Gasteiger partial charge in [-0.1, -0.05) is 12.1 Å². The van der Waals surface area contributed by atoms with Gasteiger partial charge < -0.3 is 10.6 Å². The normalized spacial score (nSPS) is 16.3. The van der Waals surface area contributed by atoms with Crippen molar-refractivity contribution in [2.24, 2.45) is 11.7 Å². The number of nitrogens with two attached hydrogens (primary N) is 1. The number of likely N-dealkylation sites (tertiary alicyclic amines) is 1. The maximum Gasteiger partial charge on any atom is 0.240 e. The lowest BCUT2D eigenvalue weighted by Gasteiger charge is -2.33. The van der Waals surface area contributed by atoms with Crippen molar-refractivity contribution >= 4 is 17.9 Å². The average Bonchev–Trinajstić information content (AvgIpc) is 2.73. The van der Waals surface area contributed by atoms with E-state index in [1.807, 2.05) is 30.0 Å². The summed E-state index contributed by atoms with van der Waals surface area (Å²) in [7, 11) is 0. The highest BCUT2D eigenvalue weighted by atomic mass is 32.2. The van der Waals surface area contributed by atoms with E-state index in [1.165, 1.54) is 11.9 Å². The SMILES string of the molecule is CC(NSc1cccc(-c2ccncc2)c1)C(=O)N1CCC(CCN)CC1. The van der Waals surface area contributed by atoms with Crippen molar-refractivity contribution in [3.63, 3.8) is 0 Å². The molecule has 0 saturated carbocycles. The van der Waals surface area contributed by atoms with Crippen LogP contribution in [0.1, 0.15) is 26.2 Å². The molecule has 0 aliphatic carbocycles. The van der Waals surface area contributed by atoms with E-state index < -0.39 is 0 Å². The lowest BCUT2D eigenvalue weighted by atomic mass is 9.93. The van der Waals surface area contributed by atoms with E-state index in [4.69, 9.17) is 5.73 Å². The molecule has 5 nitrogen and oxygen atoms in total. The Balaban J connectivity index is 1.52. The van der Waals surface area contributed by atoms with E-state index in [2.05, 4.69) is 27.9 Å². The molecule has 1 fully saturated rings. The Morgan fingerprint density at radius 2 is 2.00 bits per heavy atom. The van der Waals surface area contributed by atoms with Crippen molar-refractivity contribution in [1.82, 2.24) is 14.6 Å². The largest absolute Gasteiger partial charge is 0.341 e. The monoisotopic (exact) mass is 384 g/mol. The maximum absolute atomic E-state index is 12.7. The van der Waals surface area contributed by atoms with E-state index >= 15 is 0 Å². The van der Waals surface area contributed by atoms with Gasteiger partial charge in [-0.3, -0.25) is 9.78 Å². The molecule has 3 rings (SSSR count). The summed E-state index contributed by atoms with van der Waals surface area (Å²) in [5, 5.41) is 0. The molecule has 6 heteroatoms. The van der Waals surface area contributed by atoms with E-state index in [-0.39, 0.29) is 11.9 Å². The quantitative estimate of drug-likeness (QED) is 0.717. The summed E-state index contributed by atoms with van der Waals surface area (Å²) in [5.41, 5.74) is 7.93. The molecule has 0 spiro atoms. The van der Waals surface area contributed by atoms with Gasteiger partial charge >= 0.3 is 0 Å². The molecule has 27 heavy (non-hydrogen) atoms. The number of hydrogen-bond donors (Lipinski definition) is 2. The van der Waals surface area contributed by atoms with Gasteiger partial charge in [0.1, 0.15) is 0 Å². The van der Waals surface area contributed by atoms with Crippen LogP contribution in [0.3, 0.4) is 0 Å². The van der Waals surface area contributed by atoms with Gasteiger partial charge in [0.25, 0.3) is 0 Å². The number of pyridine rings is 1. The minimum atomic E-state index is -0.217. The number of carbonyl (C=O) groups excluding carboxylic acids is 1. The summed E-state index contributed by atoms with van der Waals surface area (Å²) in [6.07, 6.45) is 6.79. The minimum absolute atomic E-state index is 0.180. The van der Waals surface area contributed by atoms with Crippen LogP contribution < -0.4 is 10.5 Å². The molecule has 1 aliphatic heterocycles. The van der Waals surface area contributed by atoms with Gasteiger partial charge in [-0.2, -0.15) is 0 Å². The maximum atomic E-state index is 12.7. The van der Waals surface area contributed by atoms with Crippen LogP contribution in [0.15, 0.2) is 53.7 Å². The van der Waals surface area contributed by atoms with Gasteiger partial charge in [-0.25, -0.2) is 4.72 Å². The fourth-order valence-electron chi connectivity index (χ4n) is 3.44. The Bertz CT molecular complexity index is 732. The number of aromatic nitrogens is 1. The van der Waals surface area contributed by atoms with Crippen molar-refractivity contribution in [3.8, 4) is 11.1 Å². The van der Waals surface area contributed by atoms with Crippen LogP contribution in [0.5, 0.6) is 0 Å². The van der Waals surface area contributed by atoms with Gasteiger partial charge in [-0.05, 0) is 86.0 Å². The summed E-state index contributed by atoms with van der Waals surface area (Å²) in [6.45, 7) is 4.37. The second-order valence-corrected chi connectivity index (χ2v) is 7.96. The highest BCUT2D eigenvalue weighted by Crippen LogP contribution is 2.25. The number of hydrogen-bond acceptors (Lipinski definition) is 5. The summed E-state index contributed by atoms with van der Waals surface area (Å²) < 4.78 is 3.30. The number of nitrogens with one attached hydrogen (secondary N) is 1. The molecule has 0 radical (unpaired) electrons. The van der Waals surface area contributed by atoms with Gasteiger partial charge in [0.2, 0.25) is 5.91 Å². The van der Waals surface area contributed by atoms with E-state index in [0.717, 1.165) is 54.9 Å². The summed E-state index contributed by atoms with van der Waals surface area (Å²) in [5.74, 6) is 0.853. The second kappa shape index (κ2) is 9.88. The van der Waals surface area contributed by atoms with E-state index in [1.54, 1.807) is 12.4 Å². The molecular weight excluding hydrogens is 356 g/mol. The second-order valence-electron chi connectivity index (χ2n) is 7.05. The molecule has 0 bridgehead atoms. The zero-order valence-electron chi connectivity index (χ0n) is 15.8. The first-order valence-corrected chi connectivity index (χ1v) is 10.4. The third-order valence-corrected chi connectivity index (χ3v) is 6.03. The topological polar surface area (TPSA) is 71.2 Å². The van der Waals surface area contributed by atoms with Crippen LogP contribution >= 0.6 is 11.9 Å². The fraction of sp³-hybridized carbons (Fsp3) is 0.429. The average molecular weight is 385 g/mol. The van der Waals surface area contributed by atoms with Crippen molar-refractivity contribution < 1.29 is 4.79 Å². The summed E-state index contributed by atoms with van der Waals surface area (Å²) in [4.78, 5) is 19.8. The zero-order valence-corrected chi connectivity index (χ0v) is 16.6. The van der Waals surface area contributed by atoms with Crippen LogP contribution in [0, 0.1) is 5.92 Å². The molecule has 1 atom stereocenters. The van der Waals surface area contributed by atoms with Crippen molar-refractivity contribution in [3.05, 3.63) is 48.8 Å². The van der Waals surface area contributed by atoms with Crippen LogP contribution in [0.25, 0.3) is 11.1 Å². The smallest absolute Gasteiger partial charge is 0.240 e. The lowest BCUT2D eigenvalue weighted by Crippen LogP contribution is -2.46. The molecule has 1 amide bonds. The van der Waals surface area contributed by atoms with Crippen LogP contribution in [0.2, 0.25) is 0 Å². The Kier molecular flexibility index (Phi) is 7.26.